The summed E-state index contributed by atoms with van der Waals surface area (Å²) in [4.78, 5) is 0. The first kappa shape index (κ1) is 15.0. The van der Waals surface area contributed by atoms with Gasteiger partial charge in [0, 0.05) is 12.7 Å². The largest absolute Gasteiger partial charge is 0.326 e. The third-order valence-corrected chi connectivity index (χ3v) is 6.26. The Morgan fingerprint density at radius 1 is 0.591 bits per heavy atom. The van der Waals surface area contributed by atoms with Gasteiger partial charge >= 0.3 is 0 Å². The molecule has 3 aromatic rings. The molecule has 0 aliphatic rings. The molecule has 0 spiro atoms. The molecule has 0 aliphatic heterocycles. The number of hydrogen-bond acceptors (Lipinski definition) is 1. The third kappa shape index (κ3) is 3.62. The highest BCUT2D eigenvalue weighted by atomic mass is 31.1. The maximum Gasteiger partial charge on any atom is 0.0178 e. The van der Waals surface area contributed by atoms with E-state index in [-0.39, 0.29) is 7.92 Å². The molecule has 22 heavy (non-hydrogen) atoms. The van der Waals surface area contributed by atoms with Gasteiger partial charge in [-0.2, -0.15) is 0 Å². The molecule has 0 atom stereocenters. The van der Waals surface area contributed by atoms with E-state index in [9.17, 15) is 0 Å². The summed E-state index contributed by atoms with van der Waals surface area (Å²) in [6.07, 6.45) is 1.06. The number of rotatable bonds is 5. The van der Waals surface area contributed by atoms with Gasteiger partial charge in [0.05, 0.1) is 0 Å². The van der Waals surface area contributed by atoms with Crippen LogP contribution in [0.2, 0.25) is 0 Å². The van der Waals surface area contributed by atoms with Crippen LogP contribution in [0.3, 0.4) is 0 Å². The lowest BCUT2D eigenvalue weighted by molar-refractivity contribution is 1.07. The topological polar surface area (TPSA) is 26.0 Å². The van der Waals surface area contributed by atoms with Gasteiger partial charge in [0.1, 0.15) is 0 Å². The smallest absolute Gasteiger partial charge is 0.0178 e. The van der Waals surface area contributed by atoms with E-state index in [0.29, 0.717) is 6.54 Å². The van der Waals surface area contributed by atoms with Crippen LogP contribution in [0.5, 0.6) is 0 Å². The molecule has 0 heterocycles. The second kappa shape index (κ2) is 7.35. The Balaban J connectivity index is 1.91. The Morgan fingerprint density at radius 2 is 1.05 bits per heavy atom. The molecule has 2 N–H and O–H groups in total. The van der Waals surface area contributed by atoms with Gasteiger partial charge in [-0.25, -0.2) is 0 Å². The van der Waals surface area contributed by atoms with Crippen molar-refractivity contribution >= 4 is 18.5 Å². The molecule has 0 unspecified atom stereocenters. The molecule has 0 amide bonds. The van der Waals surface area contributed by atoms with E-state index in [1.54, 1.807) is 0 Å². The van der Waals surface area contributed by atoms with Crippen LogP contribution in [0.4, 0.5) is 0 Å². The summed E-state index contributed by atoms with van der Waals surface area (Å²) >= 11 is 0. The first-order valence-electron chi connectivity index (χ1n) is 7.52. The van der Waals surface area contributed by atoms with Gasteiger partial charge in [0.2, 0.25) is 0 Å². The van der Waals surface area contributed by atoms with Crippen LogP contribution in [0.1, 0.15) is 11.1 Å². The molecule has 0 fully saturated rings. The number of hydrogen-bond donors (Lipinski definition) is 1. The van der Waals surface area contributed by atoms with E-state index in [2.05, 4.69) is 84.9 Å². The molecule has 0 saturated carbocycles. The van der Waals surface area contributed by atoms with Gasteiger partial charge in [0.15, 0.2) is 0 Å². The van der Waals surface area contributed by atoms with Gasteiger partial charge in [-0.05, 0) is 29.7 Å². The summed E-state index contributed by atoms with van der Waals surface area (Å²) < 4.78 is 0. The zero-order chi connectivity index (χ0) is 15.2. The van der Waals surface area contributed by atoms with E-state index in [0.717, 1.165) is 6.16 Å². The summed E-state index contributed by atoms with van der Waals surface area (Å²) in [7, 11) is -0.372. The molecule has 3 rings (SSSR count). The van der Waals surface area contributed by atoms with Gasteiger partial charge < -0.3 is 5.73 Å². The van der Waals surface area contributed by atoms with Crippen LogP contribution in [-0.2, 0) is 12.7 Å². The Bertz CT molecular complexity index is 653. The quantitative estimate of drug-likeness (QED) is 0.713. The predicted octanol–water partition coefficient (Wildman–Crippen LogP) is 3.78. The van der Waals surface area contributed by atoms with E-state index < -0.39 is 0 Å². The zero-order valence-corrected chi connectivity index (χ0v) is 13.4. The minimum atomic E-state index is -0.372. The van der Waals surface area contributed by atoms with E-state index in [1.807, 2.05) is 0 Å². The van der Waals surface area contributed by atoms with Crippen LogP contribution >= 0.6 is 7.92 Å². The van der Waals surface area contributed by atoms with E-state index >= 15 is 0 Å². The maximum absolute atomic E-state index is 5.69. The predicted molar refractivity (Wildman–Crippen MR) is 97.1 cm³/mol. The van der Waals surface area contributed by atoms with Crippen LogP contribution < -0.4 is 16.3 Å². The molecular weight excluding hydrogens is 285 g/mol. The Labute approximate surface area is 133 Å². The monoisotopic (exact) mass is 305 g/mol. The summed E-state index contributed by atoms with van der Waals surface area (Å²) in [6.45, 7) is 0.604. The maximum atomic E-state index is 5.69. The van der Waals surface area contributed by atoms with Crippen LogP contribution in [0, 0.1) is 0 Å². The van der Waals surface area contributed by atoms with Gasteiger partial charge in [0.25, 0.3) is 0 Å². The summed E-state index contributed by atoms with van der Waals surface area (Å²) in [6, 6.07) is 30.4. The van der Waals surface area contributed by atoms with Crippen molar-refractivity contribution in [2.75, 3.05) is 0 Å². The third-order valence-electron chi connectivity index (χ3n) is 3.74. The van der Waals surface area contributed by atoms with Crippen molar-refractivity contribution in [3.05, 3.63) is 96.1 Å². The van der Waals surface area contributed by atoms with E-state index in [4.69, 9.17) is 5.73 Å². The van der Waals surface area contributed by atoms with Gasteiger partial charge in [-0.15, -0.1) is 0 Å². The van der Waals surface area contributed by atoms with Crippen molar-refractivity contribution in [2.45, 2.75) is 12.7 Å². The highest BCUT2D eigenvalue weighted by molar-refractivity contribution is 7.72. The molecule has 0 aromatic heterocycles. The number of benzene rings is 3. The molecule has 0 radical (unpaired) electrons. The summed E-state index contributed by atoms with van der Waals surface area (Å²) in [5, 5.41) is 2.85. The second-order valence-electron chi connectivity index (χ2n) is 5.28. The van der Waals surface area contributed by atoms with Crippen molar-refractivity contribution in [1.82, 2.24) is 0 Å². The minimum absolute atomic E-state index is 0.372. The van der Waals surface area contributed by atoms with Crippen LogP contribution in [0.15, 0.2) is 84.9 Å². The zero-order valence-electron chi connectivity index (χ0n) is 12.5. The van der Waals surface area contributed by atoms with E-state index in [1.165, 1.54) is 21.7 Å². The summed E-state index contributed by atoms with van der Waals surface area (Å²) in [5.74, 6) is 0. The molecule has 0 saturated heterocycles. The SMILES string of the molecule is NCc1ccc(CP(c2ccccc2)c2ccccc2)cc1. The molecule has 110 valence electrons. The average Bonchev–Trinajstić information content (AvgIpc) is 2.62. The lowest BCUT2D eigenvalue weighted by atomic mass is 10.1. The lowest BCUT2D eigenvalue weighted by Gasteiger charge is -2.19. The average molecular weight is 305 g/mol. The normalized spacial score (nSPS) is 10.8. The Morgan fingerprint density at radius 3 is 1.50 bits per heavy atom. The van der Waals surface area contributed by atoms with Gasteiger partial charge in [-0.3, -0.25) is 0 Å². The minimum Gasteiger partial charge on any atom is -0.326 e. The molecule has 3 aromatic carbocycles. The number of nitrogens with two attached hydrogens (primary N) is 1. The van der Waals surface area contributed by atoms with Crippen molar-refractivity contribution in [3.63, 3.8) is 0 Å². The first-order valence-corrected chi connectivity index (χ1v) is 9.05. The van der Waals surface area contributed by atoms with Crippen LogP contribution in [0.25, 0.3) is 0 Å². The first-order chi connectivity index (χ1) is 10.9. The van der Waals surface area contributed by atoms with Crippen molar-refractivity contribution in [3.8, 4) is 0 Å². The fraction of sp³-hybridized carbons (Fsp3) is 0.100. The van der Waals surface area contributed by atoms with Crippen molar-refractivity contribution < 1.29 is 0 Å². The Kier molecular flexibility index (Phi) is 5.00. The fourth-order valence-corrected chi connectivity index (χ4v) is 4.81. The second-order valence-corrected chi connectivity index (χ2v) is 7.48. The van der Waals surface area contributed by atoms with Gasteiger partial charge in [-0.1, -0.05) is 84.9 Å². The lowest BCUT2D eigenvalue weighted by Crippen LogP contribution is -2.12. The molecule has 0 aliphatic carbocycles. The fourth-order valence-electron chi connectivity index (χ4n) is 2.51. The standard InChI is InChI=1S/C20H20NP/c21-15-17-11-13-18(14-12-17)16-22(19-7-3-1-4-8-19)20-9-5-2-6-10-20/h1-14H,15-16,21H2. The highest BCUT2D eigenvalue weighted by Gasteiger charge is 2.13. The van der Waals surface area contributed by atoms with Crippen molar-refractivity contribution in [2.24, 2.45) is 5.73 Å². The summed E-state index contributed by atoms with van der Waals surface area (Å²) in [5.41, 5.74) is 8.25. The van der Waals surface area contributed by atoms with Crippen LogP contribution in [-0.4, -0.2) is 0 Å². The molecule has 0 bridgehead atoms. The highest BCUT2D eigenvalue weighted by Crippen LogP contribution is 2.37. The molecular formula is C20H20NP. The van der Waals surface area contributed by atoms with Crippen molar-refractivity contribution in [1.29, 1.82) is 0 Å². The Hall–Kier alpha value is -1.95. The molecule has 1 nitrogen and oxygen atoms in total. The molecule has 2 heteroatoms.